The van der Waals surface area contributed by atoms with Crippen LogP contribution in [0.25, 0.3) is 0 Å². The molecule has 18 heavy (non-hydrogen) atoms. The Hall–Kier alpha value is -1.36. The summed E-state index contributed by atoms with van der Waals surface area (Å²) in [4.78, 5) is 24.8. The zero-order valence-corrected chi connectivity index (χ0v) is 11.2. The minimum absolute atomic E-state index is 0.134. The number of methoxy groups -OCH3 is 1. The summed E-state index contributed by atoms with van der Waals surface area (Å²) in [5, 5.41) is 9.14. The molecule has 1 fully saturated rings. The van der Waals surface area contributed by atoms with Gasteiger partial charge in [-0.25, -0.2) is 4.79 Å². The summed E-state index contributed by atoms with van der Waals surface area (Å²) in [6, 6.07) is -0.768. The molecule has 0 radical (unpaired) electrons. The van der Waals surface area contributed by atoms with Gasteiger partial charge in [-0.2, -0.15) is 0 Å². The Morgan fingerprint density at radius 2 is 2.17 bits per heavy atom. The molecular formula is C13H21NO4. The van der Waals surface area contributed by atoms with Crippen molar-refractivity contribution in [3.63, 3.8) is 0 Å². The van der Waals surface area contributed by atoms with Gasteiger partial charge in [-0.15, -0.1) is 6.58 Å². The molecule has 1 rings (SSSR count). The number of ether oxygens (including phenoxy) is 1. The first-order valence-corrected chi connectivity index (χ1v) is 6.07. The summed E-state index contributed by atoms with van der Waals surface area (Å²) in [5.74, 6) is -1.34. The monoisotopic (exact) mass is 255 g/mol. The standard InChI is InChI=1S/C13H21NO4/c1-8(2)5-9(3)12(15)14-7-10(18-4)6-11(14)13(16)17/h9-11H,1,5-7H2,2-4H3,(H,16,17). The quantitative estimate of drug-likeness (QED) is 0.752. The molecular weight excluding hydrogens is 234 g/mol. The highest BCUT2D eigenvalue weighted by Gasteiger charge is 2.40. The van der Waals surface area contributed by atoms with Crippen molar-refractivity contribution in [2.75, 3.05) is 13.7 Å². The second-order valence-corrected chi connectivity index (χ2v) is 5.00. The Labute approximate surface area is 107 Å². The summed E-state index contributed by atoms with van der Waals surface area (Å²) in [6.45, 7) is 7.79. The maximum Gasteiger partial charge on any atom is 0.326 e. The van der Waals surface area contributed by atoms with Crippen molar-refractivity contribution < 1.29 is 19.4 Å². The van der Waals surface area contributed by atoms with E-state index < -0.39 is 12.0 Å². The van der Waals surface area contributed by atoms with Gasteiger partial charge >= 0.3 is 5.97 Å². The molecule has 0 saturated carbocycles. The number of amides is 1. The Balaban J connectivity index is 2.76. The van der Waals surface area contributed by atoms with Crippen LogP contribution in [0.2, 0.25) is 0 Å². The summed E-state index contributed by atoms with van der Waals surface area (Å²) >= 11 is 0. The average Bonchev–Trinajstić information content (AvgIpc) is 2.71. The molecule has 1 saturated heterocycles. The minimum atomic E-state index is -0.967. The van der Waals surface area contributed by atoms with Gasteiger partial charge in [-0.3, -0.25) is 4.79 Å². The van der Waals surface area contributed by atoms with Gasteiger partial charge in [0.2, 0.25) is 5.91 Å². The molecule has 1 aliphatic rings. The number of hydrogen-bond acceptors (Lipinski definition) is 3. The second-order valence-electron chi connectivity index (χ2n) is 5.00. The lowest BCUT2D eigenvalue weighted by Crippen LogP contribution is -2.43. The van der Waals surface area contributed by atoms with E-state index in [2.05, 4.69) is 6.58 Å². The highest BCUT2D eigenvalue weighted by Crippen LogP contribution is 2.24. The maximum absolute atomic E-state index is 12.2. The third-order valence-corrected chi connectivity index (χ3v) is 3.24. The van der Waals surface area contributed by atoms with Crippen LogP contribution >= 0.6 is 0 Å². The number of rotatable bonds is 5. The van der Waals surface area contributed by atoms with Crippen LogP contribution in [0.15, 0.2) is 12.2 Å². The van der Waals surface area contributed by atoms with E-state index in [0.29, 0.717) is 19.4 Å². The first-order chi connectivity index (χ1) is 8.36. The number of carbonyl (C=O) groups excluding carboxylic acids is 1. The van der Waals surface area contributed by atoms with E-state index >= 15 is 0 Å². The first kappa shape index (κ1) is 14.7. The Bertz CT molecular complexity index is 353. The maximum atomic E-state index is 12.2. The summed E-state index contributed by atoms with van der Waals surface area (Å²) in [5.41, 5.74) is 0.921. The summed E-state index contributed by atoms with van der Waals surface area (Å²) < 4.78 is 5.16. The van der Waals surface area contributed by atoms with E-state index in [4.69, 9.17) is 9.84 Å². The lowest BCUT2D eigenvalue weighted by molar-refractivity contribution is -0.149. The number of carboxylic acid groups (broad SMARTS) is 1. The largest absolute Gasteiger partial charge is 0.480 e. The molecule has 1 N–H and O–H groups in total. The van der Waals surface area contributed by atoms with Crippen LogP contribution in [0, 0.1) is 5.92 Å². The molecule has 1 heterocycles. The highest BCUT2D eigenvalue weighted by atomic mass is 16.5. The van der Waals surface area contributed by atoms with Crippen LogP contribution in [0.1, 0.15) is 26.7 Å². The lowest BCUT2D eigenvalue weighted by atomic mass is 10.0. The fraction of sp³-hybridized carbons (Fsp3) is 0.692. The van der Waals surface area contributed by atoms with E-state index in [1.165, 1.54) is 12.0 Å². The number of aliphatic carboxylic acids is 1. The van der Waals surface area contributed by atoms with E-state index in [0.717, 1.165) is 5.57 Å². The van der Waals surface area contributed by atoms with Crippen LogP contribution < -0.4 is 0 Å². The molecule has 0 aromatic heterocycles. The molecule has 0 aromatic carbocycles. The molecule has 5 heteroatoms. The molecule has 1 amide bonds. The third-order valence-electron chi connectivity index (χ3n) is 3.24. The third kappa shape index (κ3) is 3.32. The lowest BCUT2D eigenvalue weighted by Gasteiger charge is -2.24. The van der Waals surface area contributed by atoms with Crippen LogP contribution in [0.3, 0.4) is 0 Å². The van der Waals surface area contributed by atoms with E-state index in [1.807, 2.05) is 6.92 Å². The number of carbonyl (C=O) groups is 2. The summed E-state index contributed by atoms with van der Waals surface area (Å²) in [7, 11) is 1.54. The molecule has 1 aliphatic heterocycles. The van der Waals surface area contributed by atoms with E-state index in [-0.39, 0.29) is 17.9 Å². The van der Waals surface area contributed by atoms with Crippen molar-refractivity contribution in [2.24, 2.45) is 5.92 Å². The van der Waals surface area contributed by atoms with Gasteiger partial charge in [0.1, 0.15) is 6.04 Å². The smallest absolute Gasteiger partial charge is 0.326 e. The topological polar surface area (TPSA) is 66.8 Å². The predicted octanol–water partition coefficient (Wildman–Crippen LogP) is 1.29. The van der Waals surface area contributed by atoms with Gasteiger partial charge in [0.15, 0.2) is 0 Å². The van der Waals surface area contributed by atoms with Crippen molar-refractivity contribution in [2.45, 2.75) is 38.8 Å². The van der Waals surface area contributed by atoms with Crippen LogP contribution in [0.4, 0.5) is 0 Å². The SMILES string of the molecule is C=C(C)CC(C)C(=O)N1CC(OC)CC1C(=O)O. The molecule has 0 spiro atoms. The summed E-state index contributed by atoms with van der Waals surface area (Å²) in [6.07, 6.45) is 0.753. The minimum Gasteiger partial charge on any atom is -0.480 e. The van der Waals surface area contributed by atoms with Crippen molar-refractivity contribution in [3.05, 3.63) is 12.2 Å². The van der Waals surface area contributed by atoms with Gasteiger partial charge in [0, 0.05) is 26.0 Å². The molecule has 0 aromatic rings. The zero-order valence-electron chi connectivity index (χ0n) is 11.2. The molecule has 0 bridgehead atoms. The molecule has 0 aliphatic carbocycles. The first-order valence-electron chi connectivity index (χ1n) is 6.07. The fourth-order valence-corrected chi connectivity index (χ4v) is 2.34. The average molecular weight is 255 g/mol. The highest BCUT2D eigenvalue weighted by molar-refractivity contribution is 5.85. The molecule has 5 nitrogen and oxygen atoms in total. The van der Waals surface area contributed by atoms with Crippen molar-refractivity contribution >= 4 is 11.9 Å². The van der Waals surface area contributed by atoms with Gasteiger partial charge in [0.05, 0.1) is 6.10 Å². The number of nitrogens with zero attached hydrogens (tertiary/aromatic N) is 1. The number of carboxylic acids is 1. The normalized spacial score (nSPS) is 24.9. The van der Waals surface area contributed by atoms with Crippen LogP contribution in [0.5, 0.6) is 0 Å². The van der Waals surface area contributed by atoms with Gasteiger partial charge < -0.3 is 14.7 Å². The second kappa shape index (κ2) is 6.00. The zero-order chi connectivity index (χ0) is 13.9. The van der Waals surface area contributed by atoms with Crippen LogP contribution in [-0.4, -0.2) is 47.7 Å². The van der Waals surface area contributed by atoms with E-state index in [1.54, 1.807) is 6.92 Å². The Kier molecular flexibility index (Phi) is 4.90. The van der Waals surface area contributed by atoms with Crippen LogP contribution in [-0.2, 0) is 14.3 Å². The van der Waals surface area contributed by atoms with Crippen molar-refractivity contribution in [1.82, 2.24) is 4.90 Å². The number of allylic oxidation sites excluding steroid dienone is 1. The van der Waals surface area contributed by atoms with Crippen molar-refractivity contribution in [3.8, 4) is 0 Å². The van der Waals surface area contributed by atoms with Gasteiger partial charge in [-0.1, -0.05) is 12.5 Å². The molecule has 3 unspecified atom stereocenters. The Morgan fingerprint density at radius 3 is 2.61 bits per heavy atom. The number of likely N-dealkylation sites (tertiary alicyclic amines) is 1. The molecule has 3 atom stereocenters. The van der Waals surface area contributed by atoms with Gasteiger partial charge in [0.25, 0.3) is 0 Å². The fourth-order valence-electron chi connectivity index (χ4n) is 2.34. The Morgan fingerprint density at radius 1 is 1.56 bits per heavy atom. The predicted molar refractivity (Wildman–Crippen MR) is 67.1 cm³/mol. The molecule has 102 valence electrons. The van der Waals surface area contributed by atoms with E-state index in [9.17, 15) is 9.59 Å². The van der Waals surface area contributed by atoms with Gasteiger partial charge in [-0.05, 0) is 13.3 Å². The number of hydrogen-bond donors (Lipinski definition) is 1. The van der Waals surface area contributed by atoms with Crippen molar-refractivity contribution in [1.29, 1.82) is 0 Å².